The van der Waals surface area contributed by atoms with E-state index in [1.807, 2.05) is 0 Å². The molecule has 0 saturated carbocycles. The second kappa shape index (κ2) is 4.68. The second-order valence-electron chi connectivity index (χ2n) is 4.45. The number of benzene rings is 1. The highest BCUT2D eigenvalue weighted by atomic mass is 16.6. The molecule has 0 unspecified atom stereocenters. The summed E-state index contributed by atoms with van der Waals surface area (Å²) < 4.78 is 0. The Hall–Kier alpha value is -2.44. The van der Waals surface area contributed by atoms with Crippen LogP contribution in [0.25, 0.3) is 0 Å². The van der Waals surface area contributed by atoms with Gasteiger partial charge >= 0.3 is 0 Å². The van der Waals surface area contributed by atoms with Crippen molar-refractivity contribution in [3.05, 3.63) is 33.9 Å². The Morgan fingerprint density at radius 1 is 1.47 bits per heavy atom. The lowest BCUT2D eigenvalue weighted by Crippen LogP contribution is -2.33. The number of aryl methyl sites for hydroxylation is 1. The van der Waals surface area contributed by atoms with E-state index in [1.165, 1.54) is 17.0 Å². The molecule has 0 N–H and O–H groups in total. The van der Waals surface area contributed by atoms with Gasteiger partial charge in [-0.3, -0.25) is 14.9 Å². The number of hydrogen-bond acceptors (Lipinski definition) is 5. The van der Waals surface area contributed by atoms with Crippen LogP contribution in [0.2, 0.25) is 0 Å². The first-order valence-electron chi connectivity index (χ1n) is 5.66. The molecule has 1 saturated heterocycles. The van der Waals surface area contributed by atoms with Crippen molar-refractivity contribution in [1.82, 2.24) is 0 Å². The summed E-state index contributed by atoms with van der Waals surface area (Å²) in [6, 6.07) is 4.38. The zero-order valence-electron chi connectivity index (χ0n) is 10.2. The van der Waals surface area contributed by atoms with Crippen LogP contribution < -0.4 is 10.0 Å². The van der Waals surface area contributed by atoms with E-state index in [0.717, 1.165) is 0 Å². The molecule has 7 heteroatoms. The number of hydrogen-bond donors (Lipinski definition) is 0. The molecule has 100 valence electrons. The molecule has 1 fully saturated rings. The summed E-state index contributed by atoms with van der Waals surface area (Å²) in [5, 5.41) is 21.6. The van der Waals surface area contributed by atoms with Gasteiger partial charge in [-0.05, 0) is 13.0 Å². The predicted molar refractivity (Wildman–Crippen MR) is 63.3 cm³/mol. The summed E-state index contributed by atoms with van der Waals surface area (Å²) in [5.74, 6) is -2.52. The van der Waals surface area contributed by atoms with Crippen LogP contribution in [0.5, 0.6) is 0 Å². The molecule has 1 amide bonds. The maximum absolute atomic E-state index is 11.7. The molecule has 0 radical (unpaired) electrons. The molecule has 0 spiro atoms. The van der Waals surface area contributed by atoms with E-state index in [4.69, 9.17) is 0 Å². The molecule has 2 rings (SSSR count). The van der Waals surface area contributed by atoms with Gasteiger partial charge in [0.05, 0.1) is 10.6 Å². The number of carboxylic acids is 1. The summed E-state index contributed by atoms with van der Waals surface area (Å²) in [6.45, 7) is 1.58. The number of nitro benzene ring substituents is 1. The fourth-order valence-corrected chi connectivity index (χ4v) is 2.08. The SMILES string of the molecule is Cc1ccc(N2C[C@H](C(=O)[O-])CC2=O)cc1[N+](=O)[O-]. The number of rotatable bonds is 3. The molecule has 1 atom stereocenters. The van der Waals surface area contributed by atoms with E-state index < -0.39 is 16.8 Å². The Bertz CT molecular complexity index is 569. The molecular weight excluding hydrogens is 252 g/mol. The minimum atomic E-state index is -1.28. The Balaban J connectivity index is 2.33. The molecule has 1 aliphatic heterocycles. The minimum Gasteiger partial charge on any atom is -0.550 e. The Labute approximate surface area is 108 Å². The van der Waals surface area contributed by atoms with Gasteiger partial charge in [-0.15, -0.1) is 0 Å². The molecule has 7 nitrogen and oxygen atoms in total. The van der Waals surface area contributed by atoms with E-state index in [2.05, 4.69) is 0 Å². The zero-order chi connectivity index (χ0) is 14.2. The molecule has 0 aromatic heterocycles. The van der Waals surface area contributed by atoms with E-state index in [9.17, 15) is 24.8 Å². The van der Waals surface area contributed by atoms with Crippen molar-refractivity contribution in [3.63, 3.8) is 0 Å². The number of amides is 1. The summed E-state index contributed by atoms with van der Waals surface area (Å²) in [4.78, 5) is 34.0. The topological polar surface area (TPSA) is 104 Å². The molecule has 1 aromatic rings. The fraction of sp³-hybridized carbons (Fsp3) is 0.333. The van der Waals surface area contributed by atoms with Crippen molar-refractivity contribution in [2.45, 2.75) is 13.3 Å². The smallest absolute Gasteiger partial charge is 0.274 e. The summed E-state index contributed by atoms with van der Waals surface area (Å²) >= 11 is 0. The molecule has 0 aliphatic carbocycles. The quantitative estimate of drug-likeness (QED) is 0.564. The van der Waals surface area contributed by atoms with E-state index in [-0.39, 0.29) is 24.6 Å². The van der Waals surface area contributed by atoms with E-state index in [0.29, 0.717) is 11.3 Å². The zero-order valence-corrected chi connectivity index (χ0v) is 10.2. The maximum Gasteiger partial charge on any atom is 0.274 e. The highest BCUT2D eigenvalue weighted by molar-refractivity contribution is 5.99. The van der Waals surface area contributed by atoms with Crippen LogP contribution in [0.3, 0.4) is 0 Å². The average Bonchev–Trinajstić information content (AvgIpc) is 2.72. The van der Waals surface area contributed by atoms with Crippen molar-refractivity contribution in [1.29, 1.82) is 0 Å². The van der Waals surface area contributed by atoms with Crippen LogP contribution in [0.1, 0.15) is 12.0 Å². The first-order chi connectivity index (χ1) is 8.90. The third kappa shape index (κ3) is 2.40. The Morgan fingerprint density at radius 2 is 2.16 bits per heavy atom. The van der Waals surface area contributed by atoms with Gasteiger partial charge < -0.3 is 14.8 Å². The van der Waals surface area contributed by atoms with Gasteiger partial charge in [-0.25, -0.2) is 0 Å². The summed E-state index contributed by atoms with van der Waals surface area (Å²) in [7, 11) is 0. The van der Waals surface area contributed by atoms with Gasteiger partial charge in [-0.1, -0.05) is 6.07 Å². The number of carbonyl (C=O) groups excluding carboxylic acids is 2. The largest absolute Gasteiger partial charge is 0.550 e. The predicted octanol–water partition coefficient (Wildman–Crippen LogP) is 0.00602. The number of carboxylic acid groups (broad SMARTS) is 1. The lowest BCUT2D eigenvalue weighted by molar-refractivity contribution is -0.385. The van der Waals surface area contributed by atoms with Crippen LogP contribution in [0.15, 0.2) is 18.2 Å². The van der Waals surface area contributed by atoms with Gasteiger partial charge in [0.2, 0.25) is 5.91 Å². The average molecular weight is 263 g/mol. The molecule has 1 heterocycles. The van der Waals surface area contributed by atoms with Gasteiger partial charge in [0, 0.05) is 36.5 Å². The monoisotopic (exact) mass is 263 g/mol. The third-order valence-corrected chi connectivity index (χ3v) is 3.16. The number of carbonyl (C=O) groups is 2. The summed E-state index contributed by atoms with van der Waals surface area (Å²) in [6.07, 6.45) is -0.135. The molecule has 1 aromatic carbocycles. The van der Waals surface area contributed by atoms with Gasteiger partial charge in [0.15, 0.2) is 0 Å². The van der Waals surface area contributed by atoms with Crippen molar-refractivity contribution in [3.8, 4) is 0 Å². The molecule has 19 heavy (non-hydrogen) atoms. The van der Waals surface area contributed by atoms with Crippen molar-refractivity contribution in [2.75, 3.05) is 11.4 Å². The van der Waals surface area contributed by atoms with E-state index >= 15 is 0 Å². The standard InChI is InChI=1S/C12H12N2O5/c1-7-2-3-9(5-10(7)14(18)19)13-6-8(12(16)17)4-11(13)15/h2-3,5,8H,4,6H2,1H3,(H,16,17)/p-1/t8-/m1/s1. The first kappa shape index (κ1) is 13.0. The van der Waals surface area contributed by atoms with Crippen LogP contribution in [-0.2, 0) is 9.59 Å². The number of anilines is 1. The van der Waals surface area contributed by atoms with E-state index in [1.54, 1.807) is 13.0 Å². The van der Waals surface area contributed by atoms with Gasteiger partial charge in [-0.2, -0.15) is 0 Å². The van der Waals surface area contributed by atoms with Crippen LogP contribution in [-0.4, -0.2) is 23.3 Å². The lowest BCUT2D eigenvalue weighted by Gasteiger charge is -2.17. The van der Waals surface area contributed by atoms with Crippen molar-refractivity contribution >= 4 is 23.3 Å². The first-order valence-corrected chi connectivity index (χ1v) is 5.66. The fourth-order valence-electron chi connectivity index (χ4n) is 2.08. The second-order valence-corrected chi connectivity index (χ2v) is 4.45. The van der Waals surface area contributed by atoms with Crippen LogP contribution in [0, 0.1) is 23.0 Å². The minimum absolute atomic E-state index is 0.0125. The van der Waals surface area contributed by atoms with Gasteiger partial charge in [0.25, 0.3) is 5.69 Å². The number of nitro groups is 1. The maximum atomic E-state index is 11.7. The Kier molecular flexibility index (Phi) is 3.20. The molecule has 1 aliphatic rings. The van der Waals surface area contributed by atoms with Crippen molar-refractivity contribution in [2.24, 2.45) is 5.92 Å². The molecule has 0 bridgehead atoms. The number of aliphatic carboxylic acids is 1. The lowest BCUT2D eigenvalue weighted by atomic mass is 10.1. The van der Waals surface area contributed by atoms with Crippen molar-refractivity contribution < 1.29 is 19.6 Å². The van der Waals surface area contributed by atoms with Gasteiger partial charge in [0.1, 0.15) is 0 Å². The van der Waals surface area contributed by atoms with Crippen LogP contribution in [0.4, 0.5) is 11.4 Å². The highest BCUT2D eigenvalue weighted by Crippen LogP contribution is 2.29. The number of nitrogens with zero attached hydrogens (tertiary/aromatic N) is 2. The Morgan fingerprint density at radius 3 is 2.68 bits per heavy atom. The summed E-state index contributed by atoms with van der Waals surface area (Å²) in [5.41, 5.74) is 0.727. The molecular formula is C12H11N2O5-. The highest BCUT2D eigenvalue weighted by Gasteiger charge is 2.32. The normalized spacial score (nSPS) is 18.7. The third-order valence-electron chi connectivity index (χ3n) is 3.16. The van der Waals surface area contributed by atoms with Crippen LogP contribution >= 0.6 is 0 Å².